The van der Waals surface area contributed by atoms with Crippen molar-refractivity contribution in [2.45, 2.75) is 38.0 Å². The Morgan fingerprint density at radius 3 is 1.25 bits per heavy atom. The highest BCUT2D eigenvalue weighted by molar-refractivity contribution is 6.08. The second kappa shape index (κ2) is 25.7. The van der Waals surface area contributed by atoms with Crippen LogP contribution in [0.5, 0.6) is 0 Å². The first-order valence-electron chi connectivity index (χ1n) is 38.2. The smallest absolute Gasteiger partial charge is 0.161 e. The molecule has 0 spiro atoms. The summed E-state index contributed by atoms with van der Waals surface area (Å²) in [5, 5.41) is 11.5. The molecule has 1 atom stereocenters. The second-order valence-corrected chi connectivity index (χ2v) is 30.5. The van der Waals surface area contributed by atoms with Crippen molar-refractivity contribution in [3.05, 3.63) is 398 Å². The van der Waals surface area contributed by atoms with Gasteiger partial charge in [0.2, 0.25) is 0 Å². The predicted molar refractivity (Wildman–Crippen MR) is 459 cm³/mol. The van der Waals surface area contributed by atoms with Crippen LogP contribution in [0.1, 0.15) is 48.6 Å². The fourth-order valence-corrected chi connectivity index (χ4v) is 18.5. The molecule has 0 N–H and O–H groups in total. The molecule has 2 aliphatic rings. The number of aromatic nitrogens is 4. The maximum atomic E-state index is 5.72. The average molecular weight is 1400 g/mol. The van der Waals surface area contributed by atoms with Crippen molar-refractivity contribution < 1.29 is 0 Å². The molecule has 2 aromatic heterocycles. The Hall–Kier alpha value is -13.8. The van der Waals surface area contributed by atoms with Crippen molar-refractivity contribution in [1.82, 2.24) is 19.9 Å². The van der Waals surface area contributed by atoms with Gasteiger partial charge in [-0.05, 0) is 191 Å². The Morgan fingerprint density at radius 2 is 0.609 bits per heavy atom. The highest BCUT2D eigenvalue weighted by Crippen LogP contribution is 2.56. The highest BCUT2D eigenvalue weighted by Gasteiger charge is 2.41. The fraction of sp³-hybridized carbons (Fsp3) is 0.0566. The molecular formula is C106H72N4. The van der Waals surface area contributed by atoms with E-state index in [2.05, 4.69) is 391 Å². The van der Waals surface area contributed by atoms with E-state index in [-0.39, 0.29) is 5.41 Å². The highest BCUT2D eigenvalue weighted by atomic mass is 14.9. The third-order valence-corrected chi connectivity index (χ3v) is 23.7. The first-order chi connectivity index (χ1) is 54.1. The van der Waals surface area contributed by atoms with E-state index in [9.17, 15) is 0 Å². The van der Waals surface area contributed by atoms with Gasteiger partial charge < -0.3 is 0 Å². The third-order valence-electron chi connectivity index (χ3n) is 23.7. The standard InChI is InChI=1S/C106H72N4/c1-105(2)93-48-19-17-43-90(93)101-81(45-24-50-95(101)105)74-35-21-33-72(61-74)79-54-56-87(85-41-15-13-39-83(79)85)99-63-97(69-28-5-4-6-29-69)107-104(110-99)92-59-66(58-71-31-10-12-38-78(71)92)65-106(3)94-49-20-18-44-91(94)102-82(46-25-51-96(102)106)75-36-22-34-73(62-75)80-55-57-88(86-42-16-14-40-84(80)86)100-64-98(76-53-52-67-26-7-8-30-70(67)60-76)108-103(109-100)89-47-23-32-68-27-9-11-37-77(68)89/h4-64H,65H2,1-3H3. The van der Waals surface area contributed by atoms with E-state index >= 15 is 0 Å². The summed E-state index contributed by atoms with van der Waals surface area (Å²) >= 11 is 0. The van der Waals surface area contributed by atoms with Gasteiger partial charge in [0.25, 0.3) is 0 Å². The molecule has 0 saturated heterocycles. The first kappa shape index (κ1) is 64.6. The molecule has 4 nitrogen and oxygen atoms in total. The minimum Gasteiger partial charge on any atom is -0.228 e. The molecule has 2 heterocycles. The molecular weight excluding hydrogens is 1330 g/mol. The van der Waals surface area contributed by atoms with E-state index in [4.69, 9.17) is 19.9 Å². The van der Waals surface area contributed by atoms with Crippen LogP contribution in [-0.2, 0) is 17.3 Å². The Labute approximate surface area is 640 Å². The summed E-state index contributed by atoms with van der Waals surface area (Å²) in [6.45, 7) is 7.17. The molecule has 1 unspecified atom stereocenters. The molecule has 19 aromatic rings. The second-order valence-electron chi connectivity index (χ2n) is 30.5. The van der Waals surface area contributed by atoms with Gasteiger partial charge in [-0.1, -0.05) is 354 Å². The van der Waals surface area contributed by atoms with Gasteiger partial charge in [-0.2, -0.15) is 0 Å². The van der Waals surface area contributed by atoms with Gasteiger partial charge in [-0.15, -0.1) is 0 Å². The van der Waals surface area contributed by atoms with Crippen LogP contribution < -0.4 is 0 Å². The van der Waals surface area contributed by atoms with Gasteiger partial charge >= 0.3 is 0 Å². The van der Waals surface area contributed by atoms with Crippen LogP contribution in [-0.4, -0.2) is 19.9 Å². The lowest BCUT2D eigenvalue weighted by Gasteiger charge is -2.28. The van der Waals surface area contributed by atoms with Gasteiger partial charge in [0.1, 0.15) is 0 Å². The number of fused-ring (bicyclic) bond motifs is 11. The van der Waals surface area contributed by atoms with Crippen molar-refractivity contribution in [2.75, 3.05) is 0 Å². The maximum Gasteiger partial charge on any atom is 0.161 e. The zero-order valence-electron chi connectivity index (χ0n) is 61.2. The summed E-state index contributed by atoms with van der Waals surface area (Å²) in [5.41, 5.74) is 30.5. The minimum atomic E-state index is -0.407. The number of hydrogen-bond donors (Lipinski definition) is 0. The summed E-state index contributed by atoms with van der Waals surface area (Å²) < 4.78 is 0. The lowest BCUT2D eigenvalue weighted by atomic mass is 9.74. The molecule has 110 heavy (non-hydrogen) atoms. The number of benzene rings is 17. The zero-order chi connectivity index (χ0) is 73.2. The van der Waals surface area contributed by atoms with Crippen molar-refractivity contribution in [2.24, 2.45) is 0 Å². The maximum absolute atomic E-state index is 5.72. The summed E-state index contributed by atoms with van der Waals surface area (Å²) in [6, 6.07) is 136. The quantitative estimate of drug-likeness (QED) is 0.122. The van der Waals surface area contributed by atoms with E-state index in [1.54, 1.807) is 0 Å². The number of rotatable bonds is 12. The zero-order valence-corrected chi connectivity index (χ0v) is 61.2. The summed E-state index contributed by atoms with van der Waals surface area (Å²) in [5.74, 6) is 1.38. The number of hydrogen-bond acceptors (Lipinski definition) is 4. The van der Waals surface area contributed by atoms with Crippen molar-refractivity contribution >= 4 is 53.9 Å². The monoisotopic (exact) mass is 1400 g/mol. The molecule has 0 saturated carbocycles. The van der Waals surface area contributed by atoms with E-state index in [0.29, 0.717) is 11.6 Å². The first-order valence-corrected chi connectivity index (χ1v) is 38.2. The Kier molecular flexibility index (Phi) is 15.1. The predicted octanol–water partition coefficient (Wildman–Crippen LogP) is 27.5. The number of nitrogens with zero attached hydrogens (tertiary/aromatic N) is 4. The van der Waals surface area contributed by atoms with Gasteiger partial charge in [0.15, 0.2) is 11.6 Å². The molecule has 0 radical (unpaired) electrons. The van der Waals surface area contributed by atoms with E-state index in [1.165, 1.54) is 99.6 Å². The lowest BCUT2D eigenvalue weighted by Crippen LogP contribution is -2.24. The normalized spacial score (nSPS) is 13.9. The fourth-order valence-electron chi connectivity index (χ4n) is 18.5. The molecule has 0 amide bonds. The van der Waals surface area contributed by atoms with Crippen LogP contribution in [0, 0.1) is 0 Å². The van der Waals surface area contributed by atoms with Gasteiger partial charge in [-0.3, -0.25) is 0 Å². The van der Waals surface area contributed by atoms with Crippen molar-refractivity contribution in [3.8, 4) is 135 Å². The van der Waals surface area contributed by atoms with Crippen LogP contribution in [0.4, 0.5) is 0 Å². The minimum absolute atomic E-state index is 0.0885. The molecule has 4 heteroatoms. The molecule has 21 rings (SSSR count). The van der Waals surface area contributed by atoms with Gasteiger partial charge in [-0.25, -0.2) is 19.9 Å². The molecule has 17 aromatic carbocycles. The van der Waals surface area contributed by atoms with Gasteiger partial charge in [0, 0.05) is 44.2 Å². The summed E-state index contributed by atoms with van der Waals surface area (Å²) in [7, 11) is 0. The summed E-state index contributed by atoms with van der Waals surface area (Å²) in [4.78, 5) is 22.2. The molecule has 2 aliphatic carbocycles. The van der Waals surface area contributed by atoms with Crippen LogP contribution >= 0.6 is 0 Å². The Balaban J connectivity index is 0.646. The third kappa shape index (κ3) is 10.6. The van der Waals surface area contributed by atoms with Crippen LogP contribution in [0.15, 0.2) is 370 Å². The SMILES string of the molecule is CC1(C)c2ccccc2-c2c(-c3cccc(-c4ccc(-c5cc(-c6ccccc6)nc(-c6cc(CC7(C)c8ccccc8-c8c(-c9cccc(-c%10ccc(-c%11cc(-c%12ccc%13ccccc%13c%12)nc(-c%12cccc%13ccccc%12%13)n%11)c%11ccccc%10%11)c9)cccc87)cc7ccccc67)n5)c5ccccc45)c3)cccc21. The van der Waals surface area contributed by atoms with E-state index in [0.717, 1.165) is 111 Å². The van der Waals surface area contributed by atoms with E-state index < -0.39 is 5.41 Å². The van der Waals surface area contributed by atoms with Crippen molar-refractivity contribution in [3.63, 3.8) is 0 Å². The lowest BCUT2D eigenvalue weighted by molar-refractivity contribution is 0.583. The van der Waals surface area contributed by atoms with E-state index in [1.807, 2.05) is 0 Å². The van der Waals surface area contributed by atoms with Crippen LogP contribution in [0.3, 0.4) is 0 Å². The largest absolute Gasteiger partial charge is 0.228 e. The van der Waals surface area contributed by atoms with Crippen molar-refractivity contribution in [1.29, 1.82) is 0 Å². The van der Waals surface area contributed by atoms with Gasteiger partial charge in [0.05, 0.1) is 22.8 Å². The average Bonchev–Trinajstić information content (AvgIpc) is 1.55. The molecule has 516 valence electrons. The molecule has 0 bridgehead atoms. The van der Waals surface area contributed by atoms with Crippen LogP contribution in [0.2, 0.25) is 0 Å². The Morgan fingerprint density at radius 1 is 0.209 bits per heavy atom. The summed E-state index contributed by atoms with van der Waals surface area (Å²) in [6.07, 6.45) is 0.743. The Bertz CT molecular complexity index is 7000. The molecule has 0 aliphatic heterocycles. The topological polar surface area (TPSA) is 51.6 Å². The van der Waals surface area contributed by atoms with Crippen LogP contribution in [0.25, 0.3) is 188 Å². The molecule has 0 fully saturated rings.